The highest BCUT2D eigenvalue weighted by atomic mass is 16.5. The van der Waals surface area contributed by atoms with Crippen molar-refractivity contribution in [1.29, 1.82) is 0 Å². The lowest BCUT2D eigenvalue weighted by Crippen LogP contribution is -2.33. The van der Waals surface area contributed by atoms with E-state index in [0.29, 0.717) is 32.2 Å². The fraction of sp³-hybridized carbons (Fsp3) is 0.524. The molecule has 1 amide bonds. The molecule has 0 aliphatic rings. The second-order valence-electron chi connectivity index (χ2n) is 6.36. The first-order valence-electron chi connectivity index (χ1n) is 9.19. The molecule has 26 heavy (non-hydrogen) atoms. The van der Waals surface area contributed by atoms with Crippen LogP contribution in [0.5, 0.6) is 0 Å². The molecule has 0 N–H and O–H groups in total. The first-order chi connectivity index (χ1) is 12.5. The molecule has 0 aliphatic heterocycles. The van der Waals surface area contributed by atoms with Crippen LogP contribution in [0.1, 0.15) is 50.7 Å². The SMILES string of the molecule is CCOCCCN(CCC(=O)OC)C(=O)/C=C/c1ccc(C(C)C)cc1. The summed E-state index contributed by atoms with van der Waals surface area (Å²) < 4.78 is 9.99. The van der Waals surface area contributed by atoms with E-state index >= 15 is 0 Å². The van der Waals surface area contributed by atoms with Crippen LogP contribution >= 0.6 is 0 Å². The Hall–Kier alpha value is -2.14. The van der Waals surface area contributed by atoms with Gasteiger partial charge in [0.1, 0.15) is 0 Å². The number of ether oxygens (including phenoxy) is 2. The Bertz CT molecular complexity index is 578. The molecule has 144 valence electrons. The smallest absolute Gasteiger partial charge is 0.307 e. The Morgan fingerprint density at radius 3 is 2.42 bits per heavy atom. The van der Waals surface area contributed by atoms with Crippen molar-refractivity contribution < 1.29 is 19.1 Å². The zero-order valence-corrected chi connectivity index (χ0v) is 16.4. The average Bonchev–Trinajstić information content (AvgIpc) is 2.65. The fourth-order valence-corrected chi connectivity index (χ4v) is 2.43. The minimum Gasteiger partial charge on any atom is -0.469 e. The van der Waals surface area contributed by atoms with E-state index in [1.165, 1.54) is 12.7 Å². The lowest BCUT2D eigenvalue weighted by Gasteiger charge is -2.20. The number of benzene rings is 1. The summed E-state index contributed by atoms with van der Waals surface area (Å²) in [6, 6.07) is 8.16. The van der Waals surface area contributed by atoms with E-state index in [-0.39, 0.29) is 18.3 Å². The number of esters is 1. The Balaban J connectivity index is 2.67. The molecule has 0 saturated heterocycles. The van der Waals surface area contributed by atoms with Gasteiger partial charge in [0.25, 0.3) is 0 Å². The Kier molecular flexibility index (Phi) is 10.3. The van der Waals surface area contributed by atoms with Gasteiger partial charge < -0.3 is 14.4 Å². The first kappa shape index (κ1) is 21.9. The Labute approximate surface area is 157 Å². The predicted octanol–water partition coefficient (Wildman–Crippen LogP) is 3.64. The molecule has 1 rings (SSSR count). The molecule has 0 atom stereocenters. The standard InChI is InChI=1S/C21H31NO4/c1-5-26-16-6-14-22(15-13-21(24)25-4)20(23)12-9-18-7-10-19(11-8-18)17(2)3/h7-12,17H,5-6,13-16H2,1-4H3/b12-9+. The molecule has 1 aromatic carbocycles. The van der Waals surface area contributed by atoms with Crippen LogP contribution in [-0.4, -0.2) is 50.2 Å². The molecule has 1 aromatic rings. The van der Waals surface area contributed by atoms with E-state index in [1.807, 2.05) is 19.1 Å². The van der Waals surface area contributed by atoms with Gasteiger partial charge in [0.2, 0.25) is 5.91 Å². The summed E-state index contributed by atoms with van der Waals surface area (Å²) in [5.74, 6) is 0.0491. The van der Waals surface area contributed by atoms with Gasteiger partial charge in [0.05, 0.1) is 13.5 Å². The minimum absolute atomic E-state index is 0.113. The molecule has 0 spiro atoms. The summed E-state index contributed by atoms with van der Waals surface area (Å²) >= 11 is 0. The molecule has 0 unspecified atom stereocenters. The van der Waals surface area contributed by atoms with Gasteiger partial charge in [-0.1, -0.05) is 38.1 Å². The van der Waals surface area contributed by atoms with Crippen LogP contribution in [0.2, 0.25) is 0 Å². The van der Waals surface area contributed by atoms with Crippen LogP contribution in [-0.2, 0) is 19.1 Å². The lowest BCUT2D eigenvalue weighted by molar-refractivity contribution is -0.141. The van der Waals surface area contributed by atoms with Crippen LogP contribution in [0.4, 0.5) is 0 Å². The zero-order chi connectivity index (χ0) is 19.4. The molecule has 5 heteroatoms. The van der Waals surface area contributed by atoms with Crippen LogP contribution in [0.15, 0.2) is 30.3 Å². The van der Waals surface area contributed by atoms with E-state index in [1.54, 1.807) is 17.1 Å². The topological polar surface area (TPSA) is 55.8 Å². The summed E-state index contributed by atoms with van der Waals surface area (Å²) in [6.07, 6.45) is 4.29. The van der Waals surface area contributed by atoms with E-state index in [0.717, 1.165) is 12.0 Å². The van der Waals surface area contributed by atoms with Gasteiger partial charge in [-0.25, -0.2) is 0 Å². The molecule has 0 aromatic heterocycles. The summed E-state index contributed by atoms with van der Waals surface area (Å²) in [7, 11) is 1.35. The van der Waals surface area contributed by atoms with Crippen LogP contribution in [0.3, 0.4) is 0 Å². The van der Waals surface area contributed by atoms with Crippen molar-refractivity contribution in [2.75, 3.05) is 33.4 Å². The minimum atomic E-state index is -0.319. The monoisotopic (exact) mass is 361 g/mol. The maximum absolute atomic E-state index is 12.5. The van der Waals surface area contributed by atoms with E-state index in [2.05, 4.69) is 30.7 Å². The zero-order valence-electron chi connectivity index (χ0n) is 16.4. The van der Waals surface area contributed by atoms with E-state index in [9.17, 15) is 9.59 Å². The maximum atomic E-state index is 12.5. The first-order valence-corrected chi connectivity index (χ1v) is 9.19. The lowest BCUT2D eigenvalue weighted by atomic mass is 10.0. The highest BCUT2D eigenvalue weighted by Gasteiger charge is 2.12. The van der Waals surface area contributed by atoms with Crippen molar-refractivity contribution in [3.8, 4) is 0 Å². The summed E-state index contributed by atoms with van der Waals surface area (Å²) in [5.41, 5.74) is 2.24. The number of amides is 1. The molecule has 5 nitrogen and oxygen atoms in total. The number of hydrogen-bond acceptors (Lipinski definition) is 4. The highest BCUT2D eigenvalue weighted by molar-refractivity contribution is 5.92. The molecule has 0 heterocycles. The van der Waals surface area contributed by atoms with Gasteiger partial charge in [-0.15, -0.1) is 0 Å². The molecule has 0 radical (unpaired) electrons. The number of methoxy groups -OCH3 is 1. The molecular formula is C21H31NO4. The third-order valence-electron chi connectivity index (χ3n) is 4.07. The summed E-state index contributed by atoms with van der Waals surface area (Å²) in [6.45, 7) is 8.38. The van der Waals surface area contributed by atoms with Gasteiger partial charge in [0.15, 0.2) is 0 Å². The third kappa shape index (κ3) is 8.30. The molecule has 0 aliphatic carbocycles. The van der Waals surface area contributed by atoms with Crippen LogP contribution in [0, 0.1) is 0 Å². The van der Waals surface area contributed by atoms with Gasteiger partial charge in [-0.2, -0.15) is 0 Å². The number of carbonyl (C=O) groups excluding carboxylic acids is 2. The number of nitrogens with zero attached hydrogens (tertiary/aromatic N) is 1. The molecular weight excluding hydrogens is 330 g/mol. The van der Waals surface area contributed by atoms with Gasteiger partial charge in [-0.3, -0.25) is 9.59 Å². The van der Waals surface area contributed by atoms with Gasteiger partial charge in [-0.05, 0) is 36.5 Å². The largest absolute Gasteiger partial charge is 0.469 e. The quantitative estimate of drug-likeness (QED) is 0.343. The molecule has 0 fully saturated rings. The van der Waals surface area contributed by atoms with Crippen molar-refractivity contribution in [2.45, 2.75) is 39.5 Å². The Morgan fingerprint density at radius 2 is 1.85 bits per heavy atom. The number of hydrogen-bond donors (Lipinski definition) is 0. The van der Waals surface area contributed by atoms with E-state index < -0.39 is 0 Å². The third-order valence-corrected chi connectivity index (χ3v) is 4.07. The van der Waals surface area contributed by atoms with Crippen molar-refractivity contribution >= 4 is 18.0 Å². The van der Waals surface area contributed by atoms with E-state index in [4.69, 9.17) is 4.74 Å². The molecule has 0 bridgehead atoms. The van der Waals surface area contributed by atoms with Gasteiger partial charge in [0, 0.05) is 32.4 Å². The fourth-order valence-electron chi connectivity index (χ4n) is 2.43. The molecule has 0 saturated carbocycles. The maximum Gasteiger partial charge on any atom is 0.307 e. The Morgan fingerprint density at radius 1 is 1.15 bits per heavy atom. The van der Waals surface area contributed by atoms with Crippen LogP contribution in [0.25, 0.3) is 6.08 Å². The van der Waals surface area contributed by atoms with Crippen molar-refractivity contribution in [2.24, 2.45) is 0 Å². The predicted molar refractivity (Wildman–Crippen MR) is 104 cm³/mol. The van der Waals surface area contributed by atoms with Crippen molar-refractivity contribution in [1.82, 2.24) is 4.90 Å². The highest BCUT2D eigenvalue weighted by Crippen LogP contribution is 2.15. The van der Waals surface area contributed by atoms with Gasteiger partial charge >= 0.3 is 5.97 Å². The number of rotatable bonds is 11. The van der Waals surface area contributed by atoms with Crippen molar-refractivity contribution in [3.05, 3.63) is 41.5 Å². The van der Waals surface area contributed by atoms with Crippen LogP contribution < -0.4 is 0 Å². The average molecular weight is 361 g/mol. The summed E-state index contributed by atoms with van der Waals surface area (Å²) in [4.78, 5) is 25.5. The van der Waals surface area contributed by atoms with Crippen molar-refractivity contribution in [3.63, 3.8) is 0 Å². The number of carbonyl (C=O) groups is 2. The summed E-state index contributed by atoms with van der Waals surface area (Å²) in [5, 5.41) is 0. The second kappa shape index (κ2) is 12.3. The normalized spacial score (nSPS) is 11.1. The second-order valence-corrected chi connectivity index (χ2v) is 6.36.